The third-order valence-electron chi connectivity index (χ3n) is 3.13. The fourth-order valence-electron chi connectivity index (χ4n) is 2.34. The van der Waals surface area contributed by atoms with Crippen molar-refractivity contribution in [1.29, 1.82) is 0 Å². The Morgan fingerprint density at radius 2 is 2.23 bits per heavy atom. The van der Waals surface area contributed by atoms with Gasteiger partial charge in [0, 0.05) is 6.21 Å². The number of aliphatic imine (C=N–C) groups is 1. The quantitative estimate of drug-likeness (QED) is 0.536. The molecule has 0 saturated heterocycles. The van der Waals surface area contributed by atoms with Crippen LogP contribution in [0.3, 0.4) is 0 Å². The molecule has 70 valence electrons. The van der Waals surface area contributed by atoms with Crippen molar-refractivity contribution in [3.63, 3.8) is 0 Å². The Hall–Kier alpha value is -0.850. The van der Waals surface area contributed by atoms with E-state index in [-0.39, 0.29) is 0 Å². The van der Waals surface area contributed by atoms with E-state index in [1.54, 1.807) is 5.57 Å². The van der Waals surface area contributed by atoms with E-state index < -0.39 is 0 Å². The SMILES string of the molecule is CC1(C)CCC/C1=C1/C=CCN=C1. The zero-order chi connectivity index (χ0) is 9.31. The van der Waals surface area contributed by atoms with Crippen LogP contribution in [0, 0.1) is 5.41 Å². The second-order valence-electron chi connectivity index (χ2n) is 4.57. The highest BCUT2D eigenvalue weighted by Gasteiger charge is 2.30. The minimum atomic E-state index is 0.406. The second-order valence-corrected chi connectivity index (χ2v) is 4.57. The maximum Gasteiger partial charge on any atom is 0.0573 e. The molecule has 1 fully saturated rings. The van der Waals surface area contributed by atoms with Gasteiger partial charge in [0.2, 0.25) is 0 Å². The third-order valence-corrected chi connectivity index (χ3v) is 3.13. The highest BCUT2D eigenvalue weighted by molar-refractivity contribution is 5.85. The van der Waals surface area contributed by atoms with Gasteiger partial charge < -0.3 is 0 Å². The van der Waals surface area contributed by atoms with Gasteiger partial charge in [0.25, 0.3) is 0 Å². The maximum atomic E-state index is 4.30. The van der Waals surface area contributed by atoms with E-state index in [1.165, 1.54) is 24.8 Å². The van der Waals surface area contributed by atoms with Crippen molar-refractivity contribution in [2.75, 3.05) is 6.54 Å². The van der Waals surface area contributed by atoms with Gasteiger partial charge in [-0.05, 0) is 30.3 Å². The highest BCUT2D eigenvalue weighted by atomic mass is 14.7. The van der Waals surface area contributed by atoms with Gasteiger partial charge >= 0.3 is 0 Å². The normalized spacial score (nSPS) is 31.2. The van der Waals surface area contributed by atoms with Gasteiger partial charge in [-0.15, -0.1) is 0 Å². The van der Waals surface area contributed by atoms with Crippen LogP contribution in [0.15, 0.2) is 28.3 Å². The first kappa shape index (κ1) is 8.74. The van der Waals surface area contributed by atoms with Gasteiger partial charge in [-0.25, -0.2) is 0 Å². The van der Waals surface area contributed by atoms with Crippen molar-refractivity contribution < 1.29 is 0 Å². The minimum Gasteiger partial charge on any atom is -0.288 e. The van der Waals surface area contributed by atoms with Crippen LogP contribution in [-0.2, 0) is 0 Å². The molecule has 1 saturated carbocycles. The summed E-state index contributed by atoms with van der Waals surface area (Å²) in [6, 6.07) is 0. The summed E-state index contributed by atoms with van der Waals surface area (Å²) >= 11 is 0. The molecule has 2 aliphatic rings. The summed E-state index contributed by atoms with van der Waals surface area (Å²) in [5.41, 5.74) is 3.38. The molecule has 1 aliphatic carbocycles. The van der Waals surface area contributed by atoms with E-state index in [2.05, 4.69) is 31.0 Å². The molecule has 0 aromatic heterocycles. The Labute approximate surface area is 80.3 Å². The first-order chi connectivity index (χ1) is 6.20. The molecular weight excluding hydrogens is 158 g/mol. The van der Waals surface area contributed by atoms with Gasteiger partial charge in [0.05, 0.1) is 6.54 Å². The Kier molecular flexibility index (Phi) is 2.10. The van der Waals surface area contributed by atoms with Crippen LogP contribution in [-0.4, -0.2) is 12.8 Å². The Morgan fingerprint density at radius 3 is 2.77 bits per heavy atom. The van der Waals surface area contributed by atoms with Gasteiger partial charge in [-0.1, -0.05) is 31.6 Å². The van der Waals surface area contributed by atoms with Crippen LogP contribution >= 0.6 is 0 Å². The van der Waals surface area contributed by atoms with Crippen LogP contribution in [0.1, 0.15) is 33.1 Å². The van der Waals surface area contributed by atoms with Crippen molar-refractivity contribution >= 4 is 6.21 Å². The van der Waals surface area contributed by atoms with Crippen molar-refractivity contribution in [3.8, 4) is 0 Å². The molecule has 0 atom stereocenters. The zero-order valence-corrected chi connectivity index (χ0v) is 8.51. The molecule has 0 aromatic carbocycles. The molecule has 0 bridgehead atoms. The molecule has 1 heteroatoms. The van der Waals surface area contributed by atoms with Gasteiger partial charge in [-0.3, -0.25) is 4.99 Å². The number of allylic oxidation sites excluding steroid dienone is 3. The van der Waals surface area contributed by atoms with E-state index in [4.69, 9.17) is 0 Å². The summed E-state index contributed by atoms with van der Waals surface area (Å²) in [4.78, 5) is 4.30. The molecule has 13 heavy (non-hydrogen) atoms. The number of hydrogen-bond donors (Lipinski definition) is 0. The molecule has 1 aliphatic heterocycles. The molecule has 0 N–H and O–H groups in total. The standard InChI is InChI=1S/C12H17N/c1-12(2)7-3-6-11(12)10-5-4-8-13-9-10/h4-5,9H,3,6-8H2,1-2H3/b11-10+. The number of hydrogen-bond acceptors (Lipinski definition) is 1. The van der Waals surface area contributed by atoms with Crippen molar-refractivity contribution in [2.45, 2.75) is 33.1 Å². The molecule has 0 radical (unpaired) electrons. The summed E-state index contributed by atoms with van der Waals surface area (Å²) in [5, 5.41) is 0. The average molecular weight is 175 g/mol. The minimum absolute atomic E-state index is 0.406. The predicted octanol–water partition coefficient (Wildman–Crippen LogP) is 3.13. The topological polar surface area (TPSA) is 12.4 Å². The van der Waals surface area contributed by atoms with Crippen LogP contribution in [0.2, 0.25) is 0 Å². The van der Waals surface area contributed by atoms with E-state index in [9.17, 15) is 0 Å². The first-order valence-corrected chi connectivity index (χ1v) is 5.10. The third kappa shape index (κ3) is 1.60. The lowest BCUT2D eigenvalue weighted by Crippen LogP contribution is -2.10. The Morgan fingerprint density at radius 1 is 1.38 bits per heavy atom. The number of dihydropyridines is 1. The average Bonchev–Trinajstić information content (AvgIpc) is 2.47. The smallest absolute Gasteiger partial charge is 0.0573 e. The van der Waals surface area contributed by atoms with Crippen LogP contribution in [0.25, 0.3) is 0 Å². The van der Waals surface area contributed by atoms with E-state index in [0.717, 1.165) is 6.54 Å². The van der Waals surface area contributed by atoms with Gasteiger partial charge in [0.15, 0.2) is 0 Å². The Balaban J connectivity index is 2.36. The number of rotatable bonds is 0. The highest BCUT2D eigenvalue weighted by Crippen LogP contribution is 2.43. The van der Waals surface area contributed by atoms with Crippen LogP contribution in [0.5, 0.6) is 0 Å². The Bertz CT molecular complexity index is 278. The van der Waals surface area contributed by atoms with Crippen LogP contribution in [0.4, 0.5) is 0 Å². The molecule has 0 amide bonds. The van der Waals surface area contributed by atoms with E-state index >= 15 is 0 Å². The molecule has 0 unspecified atom stereocenters. The fraction of sp³-hybridized carbons (Fsp3) is 0.583. The number of nitrogens with zero attached hydrogens (tertiary/aromatic N) is 1. The molecular formula is C12H17N. The summed E-state index contributed by atoms with van der Waals surface area (Å²) < 4.78 is 0. The van der Waals surface area contributed by atoms with E-state index in [1.807, 2.05) is 6.21 Å². The van der Waals surface area contributed by atoms with E-state index in [0.29, 0.717) is 5.41 Å². The van der Waals surface area contributed by atoms with Crippen molar-refractivity contribution in [2.24, 2.45) is 10.4 Å². The summed E-state index contributed by atoms with van der Waals surface area (Å²) in [6.07, 6.45) is 10.4. The lowest BCUT2D eigenvalue weighted by molar-refractivity contribution is 0.460. The zero-order valence-electron chi connectivity index (χ0n) is 8.51. The summed E-state index contributed by atoms with van der Waals surface area (Å²) in [6.45, 7) is 5.55. The van der Waals surface area contributed by atoms with Crippen molar-refractivity contribution in [3.05, 3.63) is 23.3 Å². The molecule has 0 spiro atoms. The van der Waals surface area contributed by atoms with Gasteiger partial charge in [-0.2, -0.15) is 0 Å². The second kappa shape index (κ2) is 3.13. The van der Waals surface area contributed by atoms with Crippen molar-refractivity contribution in [1.82, 2.24) is 0 Å². The first-order valence-electron chi connectivity index (χ1n) is 5.10. The largest absolute Gasteiger partial charge is 0.288 e. The predicted molar refractivity (Wildman–Crippen MR) is 57.2 cm³/mol. The summed E-state index contributed by atoms with van der Waals surface area (Å²) in [7, 11) is 0. The maximum absolute atomic E-state index is 4.30. The molecule has 1 heterocycles. The summed E-state index contributed by atoms with van der Waals surface area (Å²) in [5.74, 6) is 0. The lowest BCUT2D eigenvalue weighted by Gasteiger charge is -2.21. The molecule has 2 rings (SSSR count). The molecule has 1 nitrogen and oxygen atoms in total. The molecule has 0 aromatic rings. The lowest BCUT2D eigenvalue weighted by atomic mass is 9.84. The van der Waals surface area contributed by atoms with Crippen LogP contribution < -0.4 is 0 Å². The monoisotopic (exact) mass is 175 g/mol. The van der Waals surface area contributed by atoms with Gasteiger partial charge in [0.1, 0.15) is 0 Å². The fourth-order valence-corrected chi connectivity index (χ4v) is 2.34.